The van der Waals surface area contributed by atoms with Gasteiger partial charge in [-0.05, 0) is 24.8 Å². The Hall–Kier alpha value is -1.42. The zero-order valence-electron chi connectivity index (χ0n) is 13.6. The van der Waals surface area contributed by atoms with Crippen molar-refractivity contribution in [3.8, 4) is 0 Å². The minimum atomic E-state index is -0.276. The van der Waals surface area contributed by atoms with E-state index in [1.165, 1.54) is 6.07 Å². The Kier molecular flexibility index (Phi) is 6.82. The summed E-state index contributed by atoms with van der Waals surface area (Å²) in [5, 5.41) is 7.37. The highest BCUT2D eigenvalue weighted by Gasteiger charge is 2.18. The summed E-state index contributed by atoms with van der Waals surface area (Å²) in [6.07, 6.45) is 2.13. The molecule has 4 heteroatoms. The molecule has 0 saturated heterocycles. The lowest BCUT2D eigenvalue weighted by molar-refractivity contribution is 0.155. The average molecular weight is 293 g/mol. The topological polar surface area (TPSA) is 53.1 Å². The summed E-state index contributed by atoms with van der Waals surface area (Å²) in [6.45, 7) is 10.3. The van der Waals surface area contributed by atoms with Gasteiger partial charge in [0.15, 0.2) is 0 Å². The smallest absolute Gasteiger partial charge is 0.128 e. The van der Waals surface area contributed by atoms with Crippen LogP contribution < -0.4 is 5.73 Å². The van der Waals surface area contributed by atoms with E-state index in [0.29, 0.717) is 29.6 Å². The second-order valence-corrected chi connectivity index (χ2v) is 6.01. The molecule has 0 unspecified atom stereocenters. The zero-order chi connectivity index (χ0) is 16.0. The first-order valence-corrected chi connectivity index (χ1v) is 7.75. The van der Waals surface area contributed by atoms with E-state index >= 15 is 0 Å². The van der Waals surface area contributed by atoms with Gasteiger partial charge in [0.25, 0.3) is 0 Å². The van der Waals surface area contributed by atoms with E-state index in [1.54, 1.807) is 12.1 Å². The summed E-state index contributed by atoms with van der Waals surface area (Å²) < 4.78 is 14.2. The third-order valence-electron chi connectivity index (χ3n) is 3.80. The molecule has 0 aromatic heterocycles. The Labute approximate surface area is 127 Å². The van der Waals surface area contributed by atoms with Crippen LogP contribution in [0.3, 0.4) is 0 Å². The molecule has 118 valence electrons. The minimum Gasteiger partial charge on any atom is -0.384 e. The van der Waals surface area contributed by atoms with E-state index in [-0.39, 0.29) is 11.7 Å². The maximum Gasteiger partial charge on any atom is 0.128 e. The lowest BCUT2D eigenvalue weighted by Gasteiger charge is -2.32. The molecule has 1 rings (SSSR count). The Morgan fingerprint density at radius 3 is 2.33 bits per heavy atom. The van der Waals surface area contributed by atoms with E-state index in [4.69, 9.17) is 11.1 Å². The number of halogens is 1. The van der Waals surface area contributed by atoms with Crippen molar-refractivity contribution in [3.05, 3.63) is 35.1 Å². The molecule has 3 N–H and O–H groups in total. The van der Waals surface area contributed by atoms with Crippen molar-refractivity contribution in [1.82, 2.24) is 4.90 Å². The number of amidine groups is 1. The molecule has 21 heavy (non-hydrogen) atoms. The van der Waals surface area contributed by atoms with E-state index < -0.39 is 0 Å². The van der Waals surface area contributed by atoms with Crippen molar-refractivity contribution in [3.63, 3.8) is 0 Å². The van der Waals surface area contributed by atoms with Crippen LogP contribution in [0.4, 0.5) is 4.39 Å². The van der Waals surface area contributed by atoms with Crippen molar-refractivity contribution >= 4 is 5.84 Å². The van der Waals surface area contributed by atoms with Gasteiger partial charge in [-0.3, -0.25) is 10.3 Å². The molecule has 0 radical (unpaired) electrons. The van der Waals surface area contributed by atoms with Gasteiger partial charge in [-0.2, -0.15) is 0 Å². The summed E-state index contributed by atoms with van der Waals surface area (Å²) in [7, 11) is 0. The zero-order valence-corrected chi connectivity index (χ0v) is 13.6. The van der Waals surface area contributed by atoms with Crippen molar-refractivity contribution in [2.45, 2.75) is 53.1 Å². The van der Waals surface area contributed by atoms with Gasteiger partial charge in [0.2, 0.25) is 0 Å². The quantitative estimate of drug-likeness (QED) is 0.566. The molecule has 0 atom stereocenters. The van der Waals surface area contributed by atoms with E-state index in [0.717, 1.165) is 19.4 Å². The van der Waals surface area contributed by atoms with E-state index in [9.17, 15) is 4.39 Å². The van der Waals surface area contributed by atoms with Gasteiger partial charge < -0.3 is 5.73 Å². The van der Waals surface area contributed by atoms with Gasteiger partial charge in [-0.1, -0.05) is 39.8 Å². The second kappa shape index (κ2) is 8.13. The molecule has 0 aliphatic carbocycles. The molecule has 0 bridgehead atoms. The number of nitrogens with one attached hydrogen (secondary N) is 1. The number of nitrogen functional groups attached to an aromatic ring is 1. The van der Waals surface area contributed by atoms with E-state index in [2.05, 4.69) is 32.6 Å². The Balaban J connectivity index is 2.94. The first kappa shape index (κ1) is 17.6. The van der Waals surface area contributed by atoms with Gasteiger partial charge in [-0.25, -0.2) is 4.39 Å². The third kappa shape index (κ3) is 5.12. The Bertz CT molecular complexity index is 467. The molecule has 0 saturated carbocycles. The summed E-state index contributed by atoms with van der Waals surface area (Å²) in [5.74, 6) is 0.173. The summed E-state index contributed by atoms with van der Waals surface area (Å²) in [5.41, 5.74) is 6.51. The standard InChI is InChI=1S/C17H28FN3/c1-5-15(6-2)21(10-12(3)4)11-14-8-7-13(17(19)20)9-16(14)18/h7-9,12,15H,5-6,10-11H2,1-4H3,(H3,19,20). The molecular weight excluding hydrogens is 265 g/mol. The van der Waals surface area contributed by atoms with Crippen molar-refractivity contribution in [2.75, 3.05) is 6.54 Å². The average Bonchev–Trinajstić information content (AvgIpc) is 2.41. The molecule has 1 aromatic rings. The van der Waals surface area contributed by atoms with Crippen LogP contribution in [0.2, 0.25) is 0 Å². The fourth-order valence-electron chi connectivity index (χ4n) is 2.68. The summed E-state index contributed by atoms with van der Waals surface area (Å²) in [4.78, 5) is 2.36. The fourth-order valence-corrected chi connectivity index (χ4v) is 2.68. The molecular formula is C17H28FN3. The SMILES string of the molecule is CCC(CC)N(Cc1ccc(C(=N)N)cc1F)CC(C)C. The summed E-state index contributed by atoms with van der Waals surface area (Å²) >= 11 is 0. The van der Waals surface area contributed by atoms with Gasteiger partial charge >= 0.3 is 0 Å². The number of rotatable bonds is 8. The van der Waals surface area contributed by atoms with Crippen LogP contribution in [0.5, 0.6) is 0 Å². The number of hydrogen-bond acceptors (Lipinski definition) is 2. The normalized spacial score (nSPS) is 11.6. The maximum atomic E-state index is 14.2. The highest BCUT2D eigenvalue weighted by molar-refractivity contribution is 5.94. The monoisotopic (exact) mass is 293 g/mol. The number of hydrogen-bond donors (Lipinski definition) is 2. The fraction of sp³-hybridized carbons (Fsp3) is 0.588. The van der Waals surface area contributed by atoms with Crippen molar-refractivity contribution < 1.29 is 4.39 Å². The van der Waals surface area contributed by atoms with Crippen molar-refractivity contribution in [2.24, 2.45) is 11.7 Å². The predicted octanol–water partition coefficient (Wildman–Crippen LogP) is 3.76. The summed E-state index contributed by atoms with van der Waals surface area (Å²) in [6, 6.07) is 5.31. The highest BCUT2D eigenvalue weighted by Crippen LogP contribution is 2.18. The molecule has 0 heterocycles. The number of nitrogens with zero attached hydrogens (tertiary/aromatic N) is 1. The van der Waals surface area contributed by atoms with Gasteiger partial charge in [0, 0.05) is 30.3 Å². The second-order valence-electron chi connectivity index (χ2n) is 6.01. The number of benzene rings is 1. The van der Waals surface area contributed by atoms with Gasteiger partial charge in [-0.15, -0.1) is 0 Å². The first-order chi connectivity index (χ1) is 9.88. The molecule has 0 fully saturated rings. The van der Waals surface area contributed by atoms with Gasteiger partial charge in [0.1, 0.15) is 11.7 Å². The van der Waals surface area contributed by atoms with Gasteiger partial charge in [0.05, 0.1) is 0 Å². The van der Waals surface area contributed by atoms with Crippen LogP contribution in [0.25, 0.3) is 0 Å². The molecule has 1 aromatic carbocycles. The molecule has 0 aliphatic heterocycles. The molecule has 0 spiro atoms. The third-order valence-corrected chi connectivity index (χ3v) is 3.80. The number of nitrogens with two attached hydrogens (primary N) is 1. The lowest BCUT2D eigenvalue weighted by Crippen LogP contribution is -2.37. The van der Waals surface area contributed by atoms with Crippen LogP contribution in [-0.2, 0) is 6.54 Å². The first-order valence-electron chi connectivity index (χ1n) is 7.75. The Morgan fingerprint density at radius 2 is 1.90 bits per heavy atom. The van der Waals surface area contributed by atoms with Crippen molar-refractivity contribution in [1.29, 1.82) is 5.41 Å². The molecule has 0 aliphatic rings. The Morgan fingerprint density at radius 1 is 1.29 bits per heavy atom. The van der Waals surface area contributed by atoms with Crippen LogP contribution in [0, 0.1) is 17.1 Å². The largest absolute Gasteiger partial charge is 0.384 e. The van der Waals surface area contributed by atoms with Crippen LogP contribution >= 0.6 is 0 Å². The molecule has 3 nitrogen and oxygen atoms in total. The lowest BCUT2D eigenvalue weighted by atomic mass is 10.0. The molecule has 0 amide bonds. The maximum absolute atomic E-state index is 14.2. The van der Waals surface area contributed by atoms with Crippen LogP contribution in [-0.4, -0.2) is 23.3 Å². The predicted molar refractivity (Wildman–Crippen MR) is 87.0 cm³/mol. The van der Waals surface area contributed by atoms with Crippen LogP contribution in [0.15, 0.2) is 18.2 Å². The van der Waals surface area contributed by atoms with E-state index in [1.807, 2.05) is 0 Å². The minimum absolute atomic E-state index is 0.0977. The highest BCUT2D eigenvalue weighted by atomic mass is 19.1. The van der Waals surface area contributed by atoms with Crippen LogP contribution in [0.1, 0.15) is 51.7 Å².